The third kappa shape index (κ3) is 7.13. The van der Waals surface area contributed by atoms with E-state index in [4.69, 9.17) is 0 Å². The average Bonchev–Trinajstić information content (AvgIpc) is 2.19. The maximum atomic E-state index is 10.3. The van der Waals surface area contributed by atoms with Gasteiger partial charge in [-0.3, -0.25) is 4.79 Å². The van der Waals surface area contributed by atoms with Gasteiger partial charge in [-0.2, -0.15) is 12.5 Å². The summed E-state index contributed by atoms with van der Waals surface area (Å²) < 4.78 is 0. The fourth-order valence-corrected chi connectivity index (χ4v) is 0.979. The maximum Gasteiger partial charge on any atom is 1.00 e. The molecule has 1 aromatic heterocycles. The van der Waals surface area contributed by atoms with Crippen molar-refractivity contribution in [2.45, 2.75) is 19.8 Å². The number of piperidine rings is 1. The SMILES string of the molecule is Cc1cc[c-]cn1.O=C1[CH-]CCC(=O)N1.[K+]. The van der Waals surface area contributed by atoms with Gasteiger partial charge in [-0.15, -0.1) is 0 Å². The van der Waals surface area contributed by atoms with Crippen LogP contribution < -0.4 is 56.7 Å². The quantitative estimate of drug-likeness (QED) is 0.320. The summed E-state index contributed by atoms with van der Waals surface area (Å²) in [6.45, 7) is 1.95. The van der Waals surface area contributed by atoms with E-state index in [9.17, 15) is 9.59 Å². The van der Waals surface area contributed by atoms with Crippen LogP contribution >= 0.6 is 0 Å². The van der Waals surface area contributed by atoms with Gasteiger partial charge in [-0.05, 0) is 12.6 Å². The van der Waals surface area contributed by atoms with Crippen molar-refractivity contribution in [2.75, 3.05) is 0 Å². The first-order valence-corrected chi connectivity index (χ1v) is 4.64. The van der Waals surface area contributed by atoms with Gasteiger partial charge >= 0.3 is 51.4 Å². The molecule has 2 rings (SSSR count). The minimum Gasteiger partial charge on any atom is -0.322 e. The van der Waals surface area contributed by atoms with E-state index in [1.54, 1.807) is 6.20 Å². The number of hydrogen-bond acceptors (Lipinski definition) is 3. The Morgan fingerprint density at radius 2 is 2.25 bits per heavy atom. The van der Waals surface area contributed by atoms with Crippen LogP contribution in [0.25, 0.3) is 0 Å². The fourth-order valence-electron chi connectivity index (χ4n) is 0.979. The van der Waals surface area contributed by atoms with Crippen LogP contribution in [-0.2, 0) is 9.59 Å². The van der Waals surface area contributed by atoms with Crippen molar-refractivity contribution in [1.82, 2.24) is 10.3 Å². The van der Waals surface area contributed by atoms with Crippen LogP contribution in [0.1, 0.15) is 18.5 Å². The molecule has 0 aromatic carbocycles. The van der Waals surface area contributed by atoms with Crippen LogP contribution in [0.5, 0.6) is 0 Å². The van der Waals surface area contributed by atoms with Gasteiger partial charge in [0.2, 0.25) is 5.91 Å². The molecule has 1 N–H and O–H groups in total. The first-order valence-electron chi connectivity index (χ1n) is 4.64. The van der Waals surface area contributed by atoms with Crippen LogP contribution in [0.15, 0.2) is 18.3 Å². The summed E-state index contributed by atoms with van der Waals surface area (Å²) in [6, 6.07) is 6.59. The van der Waals surface area contributed by atoms with Crippen LogP contribution in [0.3, 0.4) is 0 Å². The predicted molar refractivity (Wildman–Crippen MR) is 54.5 cm³/mol. The van der Waals surface area contributed by atoms with Crippen molar-refractivity contribution < 1.29 is 61.0 Å². The largest absolute Gasteiger partial charge is 1.00 e. The molecule has 1 aliphatic rings. The zero-order chi connectivity index (χ0) is 11.1. The Hall–Kier alpha value is -0.204. The summed E-state index contributed by atoms with van der Waals surface area (Å²) in [5.41, 5.74) is 1.04. The van der Waals surface area contributed by atoms with Gasteiger partial charge in [0.25, 0.3) is 0 Å². The van der Waals surface area contributed by atoms with Crippen molar-refractivity contribution in [3.05, 3.63) is 36.5 Å². The van der Waals surface area contributed by atoms with Gasteiger partial charge in [0.05, 0.1) is 5.91 Å². The van der Waals surface area contributed by atoms with Crippen molar-refractivity contribution in [3.63, 3.8) is 0 Å². The van der Waals surface area contributed by atoms with Gasteiger partial charge in [0.1, 0.15) is 0 Å². The molecule has 0 radical (unpaired) electrons. The molecule has 0 spiro atoms. The van der Waals surface area contributed by atoms with E-state index in [2.05, 4.69) is 16.4 Å². The second-order valence-corrected chi connectivity index (χ2v) is 3.05. The molecule has 16 heavy (non-hydrogen) atoms. The topological polar surface area (TPSA) is 59.1 Å². The maximum absolute atomic E-state index is 10.3. The van der Waals surface area contributed by atoms with E-state index in [1.165, 1.54) is 6.42 Å². The number of rotatable bonds is 0. The van der Waals surface area contributed by atoms with Gasteiger partial charge in [0.15, 0.2) is 0 Å². The summed E-state index contributed by atoms with van der Waals surface area (Å²) in [4.78, 5) is 24.5. The number of nitrogens with zero attached hydrogens (tertiary/aromatic N) is 1. The standard InChI is InChI=1S/C6H6N.C5H6NO2.K/c1-6-4-2-3-5-7-6;7-4-2-1-3-5(8)6-4;/h2,4-5H,1H3;2H,1,3H2,(H,6,7,8);/q2*-1;+1. The Kier molecular flexibility index (Phi) is 8.78. The monoisotopic (exact) mass is 243 g/mol. The predicted octanol–water partition coefficient (Wildman–Crippen LogP) is -2.18. The molecule has 1 aliphatic heterocycles. The molecule has 0 saturated carbocycles. The molecular weight excluding hydrogens is 231 g/mol. The Morgan fingerprint density at radius 1 is 1.50 bits per heavy atom. The van der Waals surface area contributed by atoms with Crippen LogP contribution in [0, 0.1) is 19.4 Å². The Morgan fingerprint density at radius 3 is 2.56 bits per heavy atom. The fraction of sp³-hybridized carbons (Fsp3) is 0.273. The molecule has 80 valence electrons. The second kappa shape index (κ2) is 8.89. The van der Waals surface area contributed by atoms with E-state index in [1.807, 2.05) is 19.1 Å². The summed E-state index contributed by atoms with van der Waals surface area (Å²) in [5, 5.41) is 2.15. The van der Waals surface area contributed by atoms with Crippen LogP contribution in [0.2, 0.25) is 0 Å². The third-order valence-electron chi connectivity index (χ3n) is 1.73. The number of carbonyl (C=O) groups is 2. The van der Waals surface area contributed by atoms with E-state index in [-0.39, 0.29) is 63.2 Å². The van der Waals surface area contributed by atoms with Gasteiger partial charge in [-0.1, -0.05) is 6.20 Å². The van der Waals surface area contributed by atoms with E-state index in [0.29, 0.717) is 12.8 Å². The number of aromatic nitrogens is 1. The Bertz CT molecular complexity index is 327. The van der Waals surface area contributed by atoms with E-state index >= 15 is 0 Å². The minimum atomic E-state index is -0.263. The molecule has 1 fully saturated rings. The molecule has 1 aromatic rings. The number of hydrogen-bond donors (Lipinski definition) is 1. The molecule has 5 heteroatoms. The minimum absolute atomic E-state index is 0. The molecule has 0 atom stereocenters. The van der Waals surface area contributed by atoms with Crippen molar-refractivity contribution in [1.29, 1.82) is 0 Å². The smallest absolute Gasteiger partial charge is 0.322 e. The van der Waals surface area contributed by atoms with Gasteiger partial charge < -0.3 is 21.5 Å². The van der Waals surface area contributed by atoms with Crippen molar-refractivity contribution >= 4 is 11.8 Å². The second-order valence-electron chi connectivity index (χ2n) is 3.05. The molecule has 2 heterocycles. The molecule has 2 amide bonds. The first kappa shape index (κ1) is 15.8. The summed E-state index contributed by atoms with van der Waals surface area (Å²) in [6.07, 6.45) is 4.17. The number of carbonyl (C=O) groups excluding carboxylic acids is 2. The zero-order valence-electron chi connectivity index (χ0n) is 9.49. The van der Waals surface area contributed by atoms with Crippen LogP contribution in [0.4, 0.5) is 0 Å². The molecule has 0 bridgehead atoms. The first-order chi connectivity index (χ1) is 7.18. The number of imide groups is 1. The molecule has 1 saturated heterocycles. The van der Waals surface area contributed by atoms with E-state index in [0.717, 1.165) is 5.69 Å². The molecule has 4 nitrogen and oxygen atoms in total. The summed E-state index contributed by atoms with van der Waals surface area (Å²) in [5.74, 6) is -0.432. The average molecular weight is 243 g/mol. The number of pyridine rings is 1. The zero-order valence-corrected chi connectivity index (χ0v) is 12.6. The summed E-state index contributed by atoms with van der Waals surface area (Å²) in [7, 11) is 0. The van der Waals surface area contributed by atoms with Gasteiger partial charge in [-0.25, -0.2) is 12.1 Å². The van der Waals surface area contributed by atoms with Crippen molar-refractivity contribution in [3.8, 4) is 0 Å². The Labute approximate surface area is 138 Å². The molecule has 0 unspecified atom stereocenters. The van der Waals surface area contributed by atoms with Crippen molar-refractivity contribution in [2.24, 2.45) is 0 Å². The normalized spacial score (nSPS) is 13.6. The summed E-state index contributed by atoms with van der Waals surface area (Å²) >= 11 is 0. The number of amides is 2. The van der Waals surface area contributed by atoms with Crippen LogP contribution in [-0.4, -0.2) is 16.8 Å². The number of aryl methyl sites for hydroxylation is 1. The van der Waals surface area contributed by atoms with Gasteiger partial charge in [0, 0.05) is 6.42 Å². The molecular formula is C11H12KN2O2-. The third-order valence-corrected chi connectivity index (χ3v) is 1.73. The Balaban J connectivity index is 0.000000267. The van der Waals surface area contributed by atoms with E-state index < -0.39 is 0 Å². The number of nitrogens with one attached hydrogen (secondary N) is 1. The molecule has 0 aliphatic carbocycles.